The fourth-order valence-electron chi connectivity index (χ4n) is 1.93. The van der Waals surface area contributed by atoms with Gasteiger partial charge in [0.25, 0.3) is 0 Å². The van der Waals surface area contributed by atoms with Gasteiger partial charge in [-0.15, -0.1) is 11.6 Å². The molecule has 0 aromatic heterocycles. The maximum Gasteiger partial charge on any atom is 0.241 e. The topological polar surface area (TPSA) is 46.2 Å². The SMILES string of the molecule is CC(C)C(Cl)CNS(=O)(=O)c1cccc2ccccc12. The number of hydrogen-bond donors (Lipinski definition) is 1. The zero-order valence-corrected chi connectivity index (χ0v) is 13.1. The number of sulfonamides is 1. The second kappa shape index (κ2) is 6.12. The summed E-state index contributed by atoms with van der Waals surface area (Å²) in [6, 6.07) is 12.7. The van der Waals surface area contributed by atoms with E-state index in [0.717, 1.165) is 10.8 Å². The highest BCUT2D eigenvalue weighted by molar-refractivity contribution is 7.89. The van der Waals surface area contributed by atoms with E-state index < -0.39 is 10.0 Å². The average molecular weight is 312 g/mol. The van der Waals surface area contributed by atoms with Crippen molar-refractivity contribution >= 4 is 32.4 Å². The Bertz CT molecular complexity index is 693. The van der Waals surface area contributed by atoms with Crippen molar-refractivity contribution < 1.29 is 8.42 Å². The van der Waals surface area contributed by atoms with Crippen LogP contribution in [0.25, 0.3) is 10.8 Å². The van der Waals surface area contributed by atoms with E-state index in [1.807, 2.05) is 44.2 Å². The number of hydrogen-bond acceptors (Lipinski definition) is 2. The van der Waals surface area contributed by atoms with Crippen LogP contribution in [0, 0.1) is 5.92 Å². The predicted molar refractivity (Wildman–Crippen MR) is 83.6 cm³/mol. The molecule has 3 nitrogen and oxygen atoms in total. The molecule has 0 aliphatic heterocycles. The molecule has 0 spiro atoms. The third kappa shape index (κ3) is 3.32. The van der Waals surface area contributed by atoms with E-state index in [9.17, 15) is 8.42 Å². The van der Waals surface area contributed by atoms with Crippen LogP contribution in [0.2, 0.25) is 0 Å². The highest BCUT2D eigenvalue weighted by atomic mass is 35.5. The molecule has 1 atom stereocenters. The fourth-order valence-corrected chi connectivity index (χ4v) is 3.39. The summed E-state index contributed by atoms with van der Waals surface area (Å²) in [5.74, 6) is 0.215. The minimum atomic E-state index is -3.55. The number of nitrogens with one attached hydrogen (secondary N) is 1. The first kappa shape index (κ1) is 15.3. The highest BCUT2D eigenvalue weighted by Crippen LogP contribution is 2.22. The van der Waals surface area contributed by atoms with Gasteiger partial charge in [0.1, 0.15) is 0 Å². The lowest BCUT2D eigenvalue weighted by Crippen LogP contribution is -2.32. The lowest BCUT2D eigenvalue weighted by atomic mass is 10.1. The smallest absolute Gasteiger partial charge is 0.210 e. The summed E-state index contributed by atoms with van der Waals surface area (Å²) in [4.78, 5) is 0.295. The van der Waals surface area contributed by atoms with E-state index in [1.165, 1.54) is 0 Å². The predicted octanol–water partition coefficient (Wildman–Crippen LogP) is 3.38. The van der Waals surface area contributed by atoms with E-state index in [2.05, 4.69) is 4.72 Å². The molecule has 0 aliphatic rings. The maximum absolute atomic E-state index is 12.4. The Morgan fingerprint density at radius 3 is 2.45 bits per heavy atom. The summed E-state index contributed by atoms with van der Waals surface area (Å²) in [5, 5.41) is 1.40. The van der Waals surface area contributed by atoms with E-state index >= 15 is 0 Å². The largest absolute Gasteiger partial charge is 0.241 e. The van der Waals surface area contributed by atoms with Gasteiger partial charge in [0.2, 0.25) is 10.0 Å². The molecule has 0 heterocycles. The Morgan fingerprint density at radius 2 is 1.75 bits per heavy atom. The number of alkyl halides is 1. The molecule has 0 aliphatic carbocycles. The molecule has 0 fully saturated rings. The molecule has 2 aromatic carbocycles. The van der Waals surface area contributed by atoms with Gasteiger partial charge < -0.3 is 0 Å². The quantitative estimate of drug-likeness (QED) is 0.860. The van der Waals surface area contributed by atoms with Gasteiger partial charge in [0.05, 0.1) is 4.90 Å². The monoisotopic (exact) mass is 311 g/mol. The maximum atomic E-state index is 12.4. The first-order valence-corrected chi connectivity index (χ1v) is 8.45. The summed E-state index contributed by atoms with van der Waals surface area (Å²) >= 11 is 6.10. The van der Waals surface area contributed by atoms with Gasteiger partial charge in [0.15, 0.2) is 0 Å². The number of benzene rings is 2. The molecule has 0 radical (unpaired) electrons. The number of fused-ring (bicyclic) bond motifs is 1. The zero-order chi connectivity index (χ0) is 14.8. The summed E-state index contributed by atoms with van der Waals surface area (Å²) in [5.41, 5.74) is 0. The van der Waals surface area contributed by atoms with Crippen molar-refractivity contribution in [1.82, 2.24) is 4.72 Å². The van der Waals surface area contributed by atoms with Gasteiger partial charge in [-0.2, -0.15) is 0 Å². The van der Waals surface area contributed by atoms with Crippen LogP contribution in [0.15, 0.2) is 47.4 Å². The Labute approximate surface area is 125 Å². The van der Waals surface area contributed by atoms with E-state index in [0.29, 0.717) is 4.90 Å². The Kier molecular flexibility index (Phi) is 4.68. The van der Waals surface area contributed by atoms with Gasteiger partial charge in [-0.3, -0.25) is 0 Å². The van der Waals surface area contributed by atoms with Gasteiger partial charge in [-0.25, -0.2) is 13.1 Å². The zero-order valence-electron chi connectivity index (χ0n) is 11.5. The molecular formula is C15H18ClNO2S. The molecule has 20 heavy (non-hydrogen) atoms. The van der Waals surface area contributed by atoms with Crippen molar-refractivity contribution in [2.75, 3.05) is 6.54 Å². The van der Waals surface area contributed by atoms with Gasteiger partial charge in [-0.1, -0.05) is 50.2 Å². The molecule has 2 rings (SSSR count). The summed E-state index contributed by atoms with van der Waals surface area (Å²) in [6.07, 6.45) is 0. The Hall–Kier alpha value is -1.10. The van der Waals surface area contributed by atoms with Crippen LogP contribution in [0.3, 0.4) is 0 Å². The first-order valence-electron chi connectivity index (χ1n) is 6.53. The van der Waals surface area contributed by atoms with E-state index in [1.54, 1.807) is 12.1 Å². The number of halogens is 1. The third-order valence-corrected chi connectivity index (χ3v) is 5.37. The van der Waals surface area contributed by atoms with Crippen molar-refractivity contribution in [3.05, 3.63) is 42.5 Å². The van der Waals surface area contributed by atoms with Crippen LogP contribution < -0.4 is 4.72 Å². The number of rotatable bonds is 5. The normalized spacial score (nSPS) is 13.8. The minimum absolute atomic E-state index is 0.215. The van der Waals surface area contributed by atoms with Crippen LogP contribution in [0.1, 0.15) is 13.8 Å². The van der Waals surface area contributed by atoms with Gasteiger partial charge >= 0.3 is 0 Å². The van der Waals surface area contributed by atoms with Crippen LogP contribution >= 0.6 is 11.6 Å². The van der Waals surface area contributed by atoms with Crippen LogP contribution in [0.4, 0.5) is 0 Å². The summed E-state index contributed by atoms with van der Waals surface area (Å²) in [7, 11) is -3.55. The molecule has 0 amide bonds. The van der Waals surface area contributed by atoms with Crippen LogP contribution in [-0.4, -0.2) is 20.3 Å². The standard InChI is InChI=1S/C15H18ClNO2S/c1-11(2)14(16)10-17-20(18,19)15-9-5-7-12-6-3-4-8-13(12)15/h3-9,11,14,17H,10H2,1-2H3. The molecule has 108 valence electrons. The van der Waals surface area contributed by atoms with Crippen molar-refractivity contribution in [3.8, 4) is 0 Å². The lowest BCUT2D eigenvalue weighted by molar-refractivity contribution is 0.557. The minimum Gasteiger partial charge on any atom is -0.210 e. The second-order valence-electron chi connectivity index (χ2n) is 5.09. The third-order valence-electron chi connectivity index (χ3n) is 3.23. The first-order chi connectivity index (χ1) is 9.42. The fraction of sp³-hybridized carbons (Fsp3) is 0.333. The molecule has 1 unspecified atom stereocenters. The van der Waals surface area contributed by atoms with E-state index in [-0.39, 0.29) is 17.8 Å². The van der Waals surface area contributed by atoms with Crippen molar-refractivity contribution in [1.29, 1.82) is 0 Å². The van der Waals surface area contributed by atoms with E-state index in [4.69, 9.17) is 11.6 Å². The van der Waals surface area contributed by atoms with Gasteiger partial charge in [-0.05, 0) is 17.4 Å². The van der Waals surface area contributed by atoms with Crippen molar-refractivity contribution in [2.24, 2.45) is 5.92 Å². The molecule has 1 N–H and O–H groups in total. The average Bonchev–Trinajstić information content (AvgIpc) is 2.44. The van der Waals surface area contributed by atoms with Crippen LogP contribution in [0.5, 0.6) is 0 Å². The second-order valence-corrected chi connectivity index (χ2v) is 7.39. The Morgan fingerprint density at radius 1 is 1.10 bits per heavy atom. The molecule has 0 bridgehead atoms. The molecular weight excluding hydrogens is 294 g/mol. The molecule has 0 saturated heterocycles. The Balaban J connectivity index is 2.33. The molecule has 2 aromatic rings. The summed E-state index contributed by atoms with van der Waals surface area (Å²) in [6.45, 7) is 4.15. The highest BCUT2D eigenvalue weighted by Gasteiger charge is 2.19. The van der Waals surface area contributed by atoms with Crippen LogP contribution in [-0.2, 0) is 10.0 Å². The lowest BCUT2D eigenvalue weighted by Gasteiger charge is -2.15. The molecule has 5 heteroatoms. The summed E-state index contributed by atoms with van der Waals surface area (Å²) < 4.78 is 27.4. The molecule has 0 saturated carbocycles. The van der Waals surface area contributed by atoms with Crippen molar-refractivity contribution in [3.63, 3.8) is 0 Å². The van der Waals surface area contributed by atoms with Gasteiger partial charge in [0, 0.05) is 17.3 Å². The van der Waals surface area contributed by atoms with Crippen molar-refractivity contribution in [2.45, 2.75) is 24.1 Å².